The molecule has 1 aliphatic carbocycles. The first-order valence-corrected chi connectivity index (χ1v) is 7.20. The SMILES string of the molecule is CC1(C)CCCC(N)(c2ccc(C(F)(F)F)c(F)c2)CC1. The van der Waals surface area contributed by atoms with Crippen LogP contribution in [-0.2, 0) is 11.7 Å². The number of benzene rings is 1. The first-order valence-electron chi connectivity index (χ1n) is 7.20. The minimum absolute atomic E-state index is 0.172. The molecule has 1 nitrogen and oxygen atoms in total. The fourth-order valence-corrected chi connectivity index (χ4v) is 3.04. The van der Waals surface area contributed by atoms with Gasteiger partial charge in [-0.1, -0.05) is 26.3 Å². The van der Waals surface area contributed by atoms with E-state index in [0.29, 0.717) is 18.4 Å². The van der Waals surface area contributed by atoms with E-state index in [9.17, 15) is 17.6 Å². The number of hydrogen-bond donors (Lipinski definition) is 1. The van der Waals surface area contributed by atoms with E-state index < -0.39 is 23.1 Å². The van der Waals surface area contributed by atoms with E-state index >= 15 is 0 Å². The van der Waals surface area contributed by atoms with Crippen LogP contribution in [0.5, 0.6) is 0 Å². The molecule has 0 aromatic heterocycles. The van der Waals surface area contributed by atoms with Gasteiger partial charge in [0.2, 0.25) is 0 Å². The van der Waals surface area contributed by atoms with Crippen LogP contribution in [-0.4, -0.2) is 0 Å². The van der Waals surface area contributed by atoms with Crippen LogP contribution >= 0.6 is 0 Å². The molecule has 2 N–H and O–H groups in total. The summed E-state index contributed by atoms with van der Waals surface area (Å²) < 4.78 is 51.6. The molecule has 0 bridgehead atoms. The van der Waals surface area contributed by atoms with Gasteiger partial charge in [0.1, 0.15) is 5.82 Å². The second kappa shape index (κ2) is 5.27. The standard InChI is InChI=1S/C16H21F4N/c1-14(2)6-3-7-15(21,9-8-14)11-4-5-12(13(17)10-11)16(18,19)20/h4-5,10H,3,6-9,21H2,1-2H3. The van der Waals surface area contributed by atoms with Crippen molar-refractivity contribution in [1.29, 1.82) is 0 Å². The average Bonchev–Trinajstić information content (AvgIpc) is 2.48. The molecule has 1 unspecified atom stereocenters. The van der Waals surface area contributed by atoms with Crippen molar-refractivity contribution in [2.45, 2.75) is 57.7 Å². The summed E-state index contributed by atoms with van der Waals surface area (Å²) in [6, 6.07) is 3.08. The van der Waals surface area contributed by atoms with Gasteiger partial charge in [0, 0.05) is 5.54 Å². The second-order valence-corrected chi connectivity index (χ2v) is 6.87. The molecule has 0 saturated heterocycles. The predicted molar refractivity (Wildman–Crippen MR) is 74.1 cm³/mol. The summed E-state index contributed by atoms with van der Waals surface area (Å²) in [5, 5.41) is 0. The first-order chi connectivity index (χ1) is 9.54. The summed E-state index contributed by atoms with van der Waals surface area (Å²) in [7, 11) is 0. The maximum atomic E-state index is 13.7. The third-order valence-corrected chi connectivity index (χ3v) is 4.57. The molecule has 5 heteroatoms. The highest BCUT2D eigenvalue weighted by atomic mass is 19.4. The van der Waals surface area contributed by atoms with Gasteiger partial charge in [0.15, 0.2) is 0 Å². The van der Waals surface area contributed by atoms with Crippen LogP contribution in [0.15, 0.2) is 18.2 Å². The normalized spacial score (nSPS) is 26.4. The Morgan fingerprint density at radius 2 is 1.71 bits per heavy atom. The Bertz CT molecular complexity index is 521. The zero-order valence-corrected chi connectivity index (χ0v) is 12.4. The lowest BCUT2D eigenvalue weighted by molar-refractivity contribution is -0.140. The van der Waals surface area contributed by atoms with Crippen LogP contribution in [0.2, 0.25) is 0 Å². The highest BCUT2D eigenvalue weighted by Crippen LogP contribution is 2.42. The number of nitrogens with two attached hydrogens (primary N) is 1. The summed E-state index contributed by atoms with van der Waals surface area (Å²) in [6.45, 7) is 4.32. The lowest BCUT2D eigenvalue weighted by Gasteiger charge is -2.30. The number of alkyl halides is 3. The Kier molecular flexibility index (Phi) is 4.08. The fraction of sp³-hybridized carbons (Fsp3) is 0.625. The van der Waals surface area contributed by atoms with E-state index in [2.05, 4.69) is 13.8 Å². The molecule has 118 valence electrons. The van der Waals surface area contributed by atoms with Crippen molar-refractivity contribution < 1.29 is 17.6 Å². The highest BCUT2D eigenvalue weighted by Gasteiger charge is 2.37. The van der Waals surface area contributed by atoms with Crippen LogP contribution < -0.4 is 5.73 Å². The van der Waals surface area contributed by atoms with Gasteiger partial charge in [-0.2, -0.15) is 13.2 Å². The zero-order chi connectivity index (χ0) is 15.9. The van der Waals surface area contributed by atoms with Gasteiger partial charge in [0.05, 0.1) is 5.56 Å². The molecule has 0 aliphatic heterocycles. The minimum Gasteiger partial charge on any atom is -0.321 e. The highest BCUT2D eigenvalue weighted by molar-refractivity contribution is 5.31. The Labute approximate surface area is 122 Å². The van der Waals surface area contributed by atoms with Crippen molar-refractivity contribution in [2.24, 2.45) is 11.1 Å². The van der Waals surface area contributed by atoms with Crippen molar-refractivity contribution in [1.82, 2.24) is 0 Å². The Morgan fingerprint density at radius 1 is 1.05 bits per heavy atom. The van der Waals surface area contributed by atoms with Crippen molar-refractivity contribution >= 4 is 0 Å². The van der Waals surface area contributed by atoms with Crippen molar-refractivity contribution in [3.8, 4) is 0 Å². The van der Waals surface area contributed by atoms with Crippen LogP contribution in [0, 0.1) is 11.2 Å². The topological polar surface area (TPSA) is 26.0 Å². The number of hydrogen-bond acceptors (Lipinski definition) is 1. The van der Waals surface area contributed by atoms with Crippen molar-refractivity contribution in [3.05, 3.63) is 35.1 Å². The van der Waals surface area contributed by atoms with Gasteiger partial charge < -0.3 is 5.73 Å². The van der Waals surface area contributed by atoms with Crippen LogP contribution in [0.4, 0.5) is 17.6 Å². The van der Waals surface area contributed by atoms with E-state index in [1.807, 2.05) is 0 Å². The summed E-state index contributed by atoms with van der Waals surface area (Å²) in [6.07, 6.45) is -0.546. The maximum absolute atomic E-state index is 13.7. The molecule has 1 aromatic carbocycles. The molecule has 0 radical (unpaired) electrons. The van der Waals surface area contributed by atoms with Crippen LogP contribution in [0.3, 0.4) is 0 Å². The van der Waals surface area contributed by atoms with E-state index in [1.54, 1.807) is 0 Å². The fourth-order valence-electron chi connectivity index (χ4n) is 3.04. The van der Waals surface area contributed by atoms with Gasteiger partial charge in [-0.05, 0) is 48.8 Å². The van der Waals surface area contributed by atoms with E-state index in [0.717, 1.165) is 31.4 Å². The van der Waals surface area contributed by atoms with Crippen molar-refractivity contribution in [2.75, 3.05) is 0 Å². The maximum Gasteiger partial charge on any atom is 0.419 e. The van der Waals surface area contributed by atoms with Gasteiger partial charge >= 0.3 is 6.18 Å². The van der Waals surface area contributed by atoms with Crippen LogP contribution in [0.25, 0.3) is 0 Å². The minimum atomic E-state index is -4.67. The molecule has 1 saturated carbocycles. The molecule has 1 aromatic rings. The Hall–Kier alpha value is -1.10. The third-order valence-electron chi connectivity index (χ3n) is 4.57. The monoisotopic (exact) mass is 303 g/mol. The first kappa shape index (κ1) is 16.3. The molecule has 1 aliphatic rings. The van der Waals surface area contributed by atoms with Gasteiger partial charge in [-0.15, -0.1) is 0 Å². The van der Waals surface area contributed by atoms with Crippen LogP contribution in [0.1, 0.15) is 57.1 Å². The van der Waals surface area contributed by atoms with Gasteiger partial charge in [-0.25, -0.2) is 4.39 Å². The molecule has 1 atom stereocenters. The van der Waals surface area contributed by atoms with Gasteiger partial charge in [-0.3, -0.25) is 0 Å². The zero-order valence-electron chi connectivity index (χ0n) is 12.4. The van der Waals surface area contributed by atoms with E-state index in [1.165, 1.54) is 6.07 Å². The van der Waals surface area contributed by atoms with E-state index in [4.69, 9.17) is 5.73 Å². The molecule has 1 fully saturated rings. The summed E-state index contributed by atoms with van der Waals surface area (Å²) in [5.41, 5.74) is 5.05. The molecular weight excluding hydrogens is 282 g/mol. The Balaban J connectivity index is 2.31. The molecule has 2 rings (SSSR count). The lowest BCUT2D eigenvalue weighted by Crippen LogP contribution is -2.36. The lowest BCUT2D eigenvalue weighted by atomic mass is 9.81. The molecule has 0 amide bonds. The quantitative estimate of drug-likeness (QED) is 0.574. The summed E-state index contributed by atoms with van der Waals surface area (Å²) >= 11 is 0. The smallest absolute Gasteiger partial charge is 0.321 e. The van der Waals surface area contributed by atoms with E-state index in [-0.39, 0.29) is 5.41 Å². The average molecular weight is 303 g/mol. The molecule has 0 spiro atoms. The molecule has 21 heavy (non-hydrogen) atoms. The van der Waals surface area contributed by atoms with Gasteiger partial charge in [0.25, 0.3) is 0 Å². The second-order valence-electron chi connectivity index (χ2n) is 6.87. The number of halogens is 4. The molecule has 0 heterocycles. The molecular formula is C16H21F4N. The van der Waals surface area contributed by atoms with Crippen molar-refractivity contribution in [3.63, 3.8) is 0 Å². The summed E-state index contributed by atoms with van der Waals surface area (Å²) in [4.78, 5) is 0. The summed E-state index contributed by atoms with van der Waals surface area (Å²) in [5.74, 6) is -1.24. The Morgan fingerprint density at radius 3 is 2.29 bits per heavy atom. The predicted octanol–water partition coefficient (Wildman–Crippen LogP) is 4.99. The largest absolute Gasteiger partial charge is 0.419 e. The third kappa shape index (κ3) is 3.57. The number of rotatable bonds is 1.